The molecule has 2 aromatic heterocycles. The van der Waals surface area contributed by atoms with Gasteiger partial charge in [0, 0.05) is 114 Å². The Hall–Kier alpha value is -15.0. The third-order valence-corrected chi connectivity index (χ3v) is 19.4. The van der Waals surface area contributed by atoms with Crippen molar-refractivity contribution in [1.82, 2.24) is 41.2 Å². The fourth-order valence-corrected chi connectivity index (χ4v) is 14.0. The summed E-state index contributed by atoms with van der Waals surface area (Å²) in [5, 5.41) is 90.2. The largest absolute Gasteiger partial charge is 0.481 e. The minimum atomic E-state index is -1.57. The fourth-order valence-electron chi connectivity index (χ4n) is 14.0. The molecule has 13 rings (SSSR count). The zero-order valence-corrected chi connectivity index (χ0v) is 58.8. The van der Waals surface area contributed by atoms with Crippen LogP contribution in [0.1, 0.15) is 92.8 Å². The summed E-state index contributed by atoms with van der Waals surface area (Å²) in [7, 11) is 0. The molecule has 562 valence electrons. The van der Waals surface area contributed by atoms with Crippen molar-refractivity contribution in [3.8, 4) is 89.5 Å². The average Bonchev–Trinajstić information content (AvgIpc) is 1.56. The van der Waals surface area contributed by atoms with Crippen LogP contribution in [0.25, 0.3) is 133 Å². The Morgan fingerprint density at radius 2 is 0.455 bits per heavy atom. The first-order chi connectivity index (χ1) is 53.8. The molecule has 14 N–H and O–H groups in total. The second-order valence-corrected chi connectivity index (χ2v) is 26.5. The number of amides is 4. The Kier molecular flexibility index (Phi) is 21.4. The summed E-state index contributed by atoms with van der Waals surface area (Å²) in [6.45, 7) is 0. The van der Waals surface area contributed by atoms with E-state index in [-0.39, 0.29) is 22.3 Å². The van der Waals surface area contributed by atoms with Crippen molar-refractivity contribution in [2.75, 3.05) is 0 Å². The number of aliphatic carboxylic acids is 8. The lowest BCUT2D eigenvalue weighted by Crippen LogP contribution is -2.41. The van der Waals surface area contributed by atoms with E-state index in [9.17, 15) is 98.4 Å². The van der Waals surface area contributed by atoms with Crippen LogP contribution in [0, 0.1) is 0 Å². The summed E-state index contributed by atoms with van der Waals surface area (Å²) >= 11 is 0. The number of carbonyl (C=O) groups is 12. The van der Waals surface area contributed by atoms with Crippen molar-refractivity contribution >= 4 is 115 Å². The van der Waals surface area contributed by atoms with Crippen LogP contribution in [0.2, 0.25) is 0 Å². The summed E-state index contributed by atoms with van der Waals surface area (Å²) in [5.74, 6) is -14.2. The molecular formula is C84H66N8O20. The van der Waals surface area contributed by atoms with Gasteiger partial charge in [-0.15, -0.1) is 0 Å². The molecule has 112 heavy (non-hydrogen) atoms. The topological polar surface area (TPSA) is 472 Å². The quantitative estimate of drug-likeness (QED) is 0.0217. The number of nitrogens with zero attached hydrogens (tertiary/aromatic N) is 2. The smallest absolute Gasteiger partial charge is 0.326 e. The van der Waals surface area contributed by atoms with E-state index in [1.807, 2.05) is 97.1 Å². The highest BCUT2D eigenvalue weighted by Crippen LogP contribution is 2.52. The predicted octanol–water partition coefficient (Wildman–Crippen LogP) is 12.1. The van der Waals surface area contributed by atoms with Crippen LogP contribution in [0.4, 0.5) is 0 Å². The highest BCUT2D eigenvalue weighted by Gasteiger charge is 2.33. The first-order valence-electron chi connectivity index (χ1n) is 35.1. The van der Waals surface area contributed by atoms with Crippen LogP contribution in [0.15, 0.2) is 194 Å². The number of H-pyrrole nitrogens is 2. The normalized spacial score (nSPS) is 12.4. The Labute approximate surface area is 633 Å². The standard InChI is InChI=1S/C84H66N8O20/c93-61(94)37-33-57(81(105)106)85-77(101)45-25-17-41(18-26-45)65-69-49-9-1-2-10-50(49)70(89-69)66(42-19-27-46(28-20-42)78(102)86-58(82(107)108)34-38-62(95)96)72-53-13-5-6-14-54(53)74(91-72)68(44-23-31-48(32-24-44)80(104)88-60(84(111)112)36-40-64(99)100)76-56-16-8-7-15-55(56)75(92-76)67(73-52-12-4-3-11-51(52)71(65)90-73)43-21-29-47(30-22-43)79(103)87-59(83(109)110)35-39-63(97)98/h1-32,57-60,89,92H,33-40H2,(H,85,101)(H,86,102)(H,87,103)(H,88,104)(H,93,94)(H,95,96)(H,97,98)(H,99,100)(H,105,106)(H,107,108)(H,109,110)(H,111,112)/t57-,58-,59-,60-/m0/s1. The van der Waals surface area contributed by atoms with Gasteiger partial charge in [0.2, 0.25) is 0 Å². The van der Waals surface area contributed by atoms with Crippen molar-refractivity contribution in [1.29, 1.82) is 0 Å². The molecule has 4 atom stereocenters. The molecule has 28 nitrogen and oxygen atoms in total. The van der Waals surface area contributed by atoms with Crippen LogP contribution in [0.5, 0.6) is 0 Å². The monoisotopic (exact) mass is 1510 g/mol. The van der Waals surface area contributed by atoms with Gasteiger partial charge < -0.3 is 72.1 Å². The Morgan fingerprint density at radius 3 is 0.634 bits per heavy atom. The minimum absolute atomic E-state index is 0.00556. The molecule has 0 spiro atoms. The van der Waals surface area contributed by atoms with Gasteiger partial charge in [0.25, 0.3) is 23.6 Å². The van der Waals surface area contributed by atoms with E-state index in [1.165, 1.54) is 48.5 Å². The van der Waals surface area contributed by atoms with Gasteiger partial charge in [-0.3, -0.25) is 38.4 Å². The second-order valence-electron chi connectivity index (χ2n) is 26.5. The molecule has 4 heterocycles. The molecule has 4 amide bonds. The first kappa shape index (κ1) is 75.3. The number of carboxylic acids is 8. The van der Waals surface area contributed by atoms with Gasteiger partial charge in [0.05, 0.1) is 44.8 Å². The Bertz CT molecular complexity index is 5220. The number of nitrogens with one attached hydrogen (secondary N) is 6. The highest BCUT2D eigenvalue weighted by atomic mass is 16.4. The number of carbonyl (C=O) groups excluding carboxylic acids is 4. The molecule has 2 aliphatic heterocycles. The maximum atomic E-state index is 14.1. The van der Waals surface area contributed by atoms with E-state index in [4.69, 9.17) is 9.97 Å². The van der Waals surface area contributed by atoms with Gasteiger partial charge in [0.1, 0.15) is 24.2 Å². The summed E-state index contributed by atoms with van der Waals surface area (Å²) in [4.78, 5) is 171. The van der Waals surface area contributed by atoms with Crippen LogP contribution in [0.3, 0.4) is 0 Å². The minimum Gasteiger partial charge on any atom is -0.481 e. The van der Waals surface area contributed by atoms with Crippen molar-refractivity contribution in [3.63, 3.8) is 0 Å². The fraction of sp³-hybridized carbons (Fsp3) is 0.143. The molecule has 0 saturated heterocycles. The molecule has 0 fully saturated rings. The molecule has 1 aliphatic carbocycles. The predicted molar refractivity (Wildman–Crippen MR) is 410 cm³/mol. The number of carboxylic acid groups (broad SMARTS) is 8. The molecule has 0 saturated carbocycles. The molecular weight excluding hydrogens is 1440 g/mol. The molecule has 0 unspecified atom stereocenters. The average molecular weight is 1510 g/mol. The number of hydrogen-bond acceptors (Lipinski definition) is 14. The first-order valence-corrected chi connectivity index (χ1v) is 35.1. The van der Waals surface area contributed by atoms with Crippen LogP contribution in [-0.4, -0.2) is 156 Å². The van der Waals surface area contributed by atoms with Gasteiger partial charge >= 0.3 is 47.8 Å². The lowest BCUT2D eigenvalue weighted by molar-refractivity contribution is -0.142. The van der Waals surface area contributed by atoms with Crippen molar-refractivity contribution < 1.29 is 98.4 Å². The summed E-state index contributed by atoms with van der Waals surface area (Å²) < 4.78 is 0. The van der Waals surface area contributed by atoms with Crippen molar-refractivity contribution in [2.24, 2.45) is 0 Å². The number of aromatic nitrogens is 4. The molecule has 28 heteroatoms. The lowest BCUT2D eigenvalue weighted by Gasteiger charge is -2.14. The van der Waals surface area contributed by atoms with Crippen LogP contribution in [-0.2, 0) is 38.4 Å². The molecule has 8 aromatic carbocycles. The molecule has 3 aliphatic rings. The highest BCUT2D eigenvalue weighted by molar-refractivity contribution is 6.22. The SMILES string of the molecule is O=C(O)CC[C@H](NC(=O)c1ccc(-c2c3nc(c(-c4ccc(C(=O)N[C@@H](CCC(=O)O)C(=O)O)cc4)c4[nH]c(c(-c5ccc(C(=O)N[C@@H](CCC(=O)O)C(=O)O)cc5)c5nc(c(-c6ccc(C(=O)N[C@@H](CCC(=O)O)C(=O)O)cc6)c6[nH]c2c2ccccc62)-c2ccccc2-5)c2ccccc42)-c2ccccc2-3)cc1)C(=O)O. The van der Waals surface area contributed by atoms with Crippen LogP contribution < -0.4 is 21.3 Å². The van der Waals surface area contributed by atoms with Crippen molar-refractivity contribution in [3.05, 3.63) is 216 Å². The van der Waals surface area contributed by atoms with Gasteiger partial charge in [0.15, 0.2) is 0 Å². The number of hydrogen-bond donors (Lipinski definition) is 14. The zero-order valence-electron chi connectivity index (χ0n) is 58.8. The maximum Gasteiger partial charge on any atom is 0.326 e. The van der Waals surface area contributed by atoms with Gasteiger partial charge in [-0.25, -0.2) is 29.1 Å². The van der Waals surface area contributed by atoms with E-state index in [1.54, 1.807) is 48.5 Å². The number of benzene rings is 8. The second kappa shape index (κ2) is 31.8. The maximum absolute atomic E-state index is 14.1. The lowest BCUT2D eigenvalue weighted by atomic mass is 9.93. The van der Waals surface area contributed by atoms with Crippen molar-refractivity contribution in [2.45, 2.75) is 75.5 Å². The summed E-state index contributed by atoms with van der Waals surface area (Å²) in [6.07, 6.45) is -3.86. The third kappa shape index (κ3) is 15.5. The van der Waals surface area contributed by atoms with Crippen LogP contribution >= 0.6 is 0 Å². The Balaban J connectivity index is 1.17. The van der Waals surface area contributed by atoms with Gasteiger partial charge in [-0.2, -0.15) is 0 Å². The Morgan fingerprint density at radius 1 is 0.268 bits per heavy atom. The number of rotatable bonds is 28. The molecule has 10 aromatic rings. The summed E-state index contributed by atoms with van der Waals surface area (Å²) in [6, 6.07) is 48.4. The summed E-state index contributed by atoms with van der Waals surface area (Å²) in [5.41, 5.74) is 8.98. The van der Waals surface area contributed by atoms with Gasteiger partial charge in [-0.1, -0.05) is 146 Å². The number of aromatic amines is 2. The van der Waals surface area contributed by atoms with E-state index < -0.39 is 147 Å². The van der Waals surface area contributed by atoms with E-state index in [2.05, 4.69) is 31.2 Å². The van der Waals surface area contributed by atoms with E-state index in [0.717, 1.165) is 0 Å². The molecule has 8 bridgehead atoms. The van der Waals surface area contributed by atoms with Gasteiger partial charge in [-0.05, 0) is 96.5 Å². The zero-order chi connectivity index (χ0) is 79.3. The van der Waals surface area contributed by atoms with E-state index in [0.29, 0.717) is 133 Å². The third-order valence-electron chi connectivity index (χ3n) is 19.4. The molecule has 0 radical (unpaired) electrons. The van der Waals surface area contributed by atoms with E-state index >= 15 is 0 Å².